The number of fused-ring (bicyclic) bond motifs is 1. The zero-order valence-electron chi connectivity index (χ0n) is 10.1. The Balaban J connectivity index is 1.91. The molecule has 0 N–H and O–H groups in total. The van der Waals surface area contributed by atoms with Crippen LogP contribution in [0.25, 0.3) is 10.9 Å². The monoisotopic (exact) mass is 241 g/mol. The molecule has 2 aromatic rings. The van der Waals surface area contributed by atoms with Crippen molar-refractivity contribution in [2.45, 2.75) is 12.8 Å². The van der Waals surface area contributed by atoms with E-state index in [0.29, 0.717) is 13.2 Å². The van der Waals surface area contributed by atoms with Gasteiger partial charge in [0.2, 0.25) is 0 Å². The molecule has 0 amide bonds. The van der Waals surface area contributed by atoms with E-state index in [0.717, 1.165) is 29.3 Å². The van der Waals surface area contributed by atoms with E-state index in [1.165, 1.54) is 0 Å². The zero-order valence-corrected chi connectivity index (χ0v) is 10.1. The number of pyridine rings is 1. The number of nitrogens with zero attached hydrogens (tertiary/aromatic N) is 1. The molecule has 1 fully saturated rings. The van der Waals surface area contributed by atoms with E-state index >= 15 is 0 Å². The van der Waals surface area contributed by atoms with Gasteiger partial charge in [-0.2, -0.15) is 0 Å². The van der Waals surface area contributed by atoms with Crippen LogP contribution >= 0.6 is 0 Å². The van der Waals surface area contributed by atoms with Crippen LogP contribution in [0.1, 0.15) is 23.2 Å². The number of hydrogen-bond donors (Lipinski definition) is 0. The molecule has 18 heavy (non-hydrogen) atoms. The summed E-state index contributed by atoms with van der Waals surface area (Å²) >= 11 is 0. The highest BCUT2D eigenvalue weighted by atomic mass is 16.5. The lowest BCUT2D eigenvalue weighted by Gasteiger charge is -2.20. The number of carbonyl (C=O) groups excluding carboxylic acids is 1. The fourth-order valence-corrected chi connectivity index (χ4v) is 2.40. The van der Waals surface area contributed by atoms with Gasteiger partial charge >= 0.3 is 0 Å². The summed E-state index contributed by atoms with van der Waals surface area (Å²) in [5.41, 5.74) is 1.65. The third-order valence-electron chi connectivity index (χ3n) is 3.47. The summed E-state index contributed by atoms with van der Waals surface area (Å²) in [7, 11) is 0. The Kier molecular flexibility index (Phi) is 3.07. The first-order valence-corrected chi connectivity index (χ1v) is 6.31. The van der Waals surface area contributed by atoms with Gasteiger partial charge in [-0.1, -0.05) is 18.2 Å². The van der Waals surface area contributed by atoms with Gasteiger partial charge in [0, 0.05) is 36.3 Å². The molecule has 0 aliphatic carbocycles. The van der Waals surface area contributed by atoms with Crippen LogP contribution in [0.3, 0.4) is 0 Å². The van der Waals surface area contributed by atoms with Crippen LogP contribution in [0.2, 0.25) is 0 Å². The minimum absolute atomic E-state index is 0.0988. The van der Waals surface area contributed by atoms with E-state index in [4.69, 9.17) is 4.74 Å². The third kappa shape index (κ3) is 2.14. The van der Waals surface area contributed by atoms with Crippen LogP contribution in [0.4, 0.5) is 0 Å². The lowest BCUT2D eigenvalue weighted by atomic mass is 9.91. The number of benzene rings is 1. The van der Waals surface area contributed by atoms with E-state index in [1.54, 1.807) is 6.20 Å². The summed E-state index contributed by atoms with van der Waals surface area (Å²) in [6.07, 6.45) is 3.34. The number of hydrogen-bond acceptors (Lipinski definition) is 3. The van der Waals surface area contributed by atoms with Crippen molar-refractivity contribution in [1.29, 1.82) is 0 Å². The van der Waals surface area contributed by atoms with Crippen LogP contribution in [-0.4, -0.2) is 24.0 Å². The van der Waals surface area contributed by atoms with Crippen molar-refractivity contribution in [1.82, 2.24) is 4.98 Å². The number of aromatic nitrogens is 1. The van der Waals surface area contributed by atoms with Crippen molar-refractivity contribution < 1.29 is 9.53 Å². The average molecular weight is 241 g/mol. The highest BCUT2D eigenvalue weighted by Crippen LogP contribution is 2.21. The van der Waals surface area contributed by atoms with Gasteiger partial charge in [0.05, 0.1) is 5.52 Å². The number of para-hydroxylation sites is 1. The molecule has 1 aliphatic rings. The molecule has 0 spiro atoms. The summed E-state index contributed by atoms with van der Waals surface area (Å²) in [6.45, 7) is 1.38. The van der Waals surface area contributed by atoms with Crippen LogP contribution in [0.5, 0.6) is 0 Å². The summed E-state index contributed by atoms with van der Waals surface area (Å²) in [5, 5.41) is 1.02. The average Bonchev–Trinajstić information content (AvgIpc) is 2.47. The van der Waals surface area contributed by atoms with Crippen molar-refractivity contribution in [2.75, 3.05) is 13.2 Å². The standard InChI is InChI=1S/C15H15NO2/c17-15(11-5-7-18-8-6-11)13-9-12-3-1-2-4-14(12)16-10-13/h1-4,9-11H,5-8H2. The number of rotatable bonds is 2. The minimum atomic E-state index is 0.0988. The molecule has 1 aromatic carbocycles. The highest BCUT2D eigenvalue weighted by molar-refractivity contribution is 6.00. The molecule has 2 heterocycles. The van der Waals surface area contributed by atoms with E-state index in [-0.39, 0.29) is 11.7 Å². The Morgan fingerprint density at radius 1 is 1.22 bits per heavy atom. The quantitative estimate of drug-likeness (QED) is 0.759. The lowest BCUT2D eigenvalue weighted by Crippen LogP contribution is -2.23. The number of ketones is 1. The fraction of sp³-hybridized carbons (Fsp3) is 0.333. The molecular weight excluding hydrogens is 226 g/mol. The van der Waals surface area contributed by atoms with Crippen molar-refractivity contribution in [3.05, 3.63) is 42.1 Å². The molecule has 0 radical (unpaired) electrons. The second-order valence-electron chi connectivity index (χ2n) is 4.67. The van der Waals surface area contributed by atoms with E-state index in [2.05, 4.69) is 4.98 Å². The fourth-order valence-electron chi connectivity index (χ4n) is 2.40. The molecule has 0 saturated carbocycles. The Hall–Kier alpha value is -1.74. The molecule has 1 aliphatic heterocycles. The van der Waals surface area contributed by atoms with Crippen molar-refractivity contribution >= 4 is 16.7 Å². The first-order chi connectivity index (χ1) is 8.84. The van der Waals surface area contributed by atoms with Crippen LogP contribution < -0.4 is 0 Å². The van der Waals surface area contributed by atoms with Crippen molar-refractivity contribution in [2.24, 2.45) is 5.92 Å². The Morgan fingerprint density at radius 2 is 2.00 bits per heavy atom. The van der Waals surface area contributed by atoms with Crippen LogP contribution in [0.15, 0.2) is 36.5 Å². The summed E-state index contributed by atoms with van der Waals surface area (Å²) in [6, 6.07) is 9.81. The SMILES string of the molecule is O=C(c1cnc2ccccc2c1)C1CCOCC1. The van der Waals surface area contributed by atoms with Gasteiger partial charge in [0.15, 0.2) is 5.78 Å². The first-order valence-electron chi connectivity index (χ1n) is 6.31. The smallest absolute Gasteiger partial charge is 0.167 e. The molecule has 1 saturated heterocycles. The summed E-state index contributed by atoms with van der Waals surface area (Å²) in [4.78, 5) is 16.7. The minimum Gasteiger partial charge on any atom is -0.381 e. The Morgan fingerprint density at radius 3 is 2.83 bits per heavy atom. The number of Topliss-reactive ketones (excluding diaryl/α,β-unsaturated/α-hetero) is 1. The second kappa shape index (κ2) is 4.86. The van der Waals surface area contributed by atoms with Gasteiger partial charge in [-0.25, -0.2) is 0 Å². The van der Waals surface area contributed by atoms with Crippen LogP contribution in [-0.2, 0) is 4.74 Å². The first kappa shape index (κ1) is 11.4. The largest absolute Gasteiger partial charge is 0.381 e. The van der Waals surface area contributed by atoms with Crippen LogP contribution in [0, 0.1) is 5.92 Å². The predicted octanol–water partition coefficient (Wildman–Crippen LogP) is 2.84. The Bertz CT molecular complexity index is 573. The summed E-state index contributed by atoms with van der Waals surface area (Å²) in [5.74, 6) is 0.304. The van der Waals surface area contributed by atoms with Crippen molar-refractivity contribution in [3.8, 4) is 0 Å². The maximum Gasteiger partial charge on any atom is 0.167 e. The maximum atomic E-state index is 12.3. The van der Waals surface area contributed by atoms with Gasteiger partial charge in [-0.3, -0.25) is 9.78 Å². The third-order valence-corrected chi connectivity index (χ3v) is 3.47. The van der Waals surface area contributed by atoms with Gasteiger partial charge in [0.1, 0.15) is 0 Å². The molecule has 0 bridgehead atoms. The molecule has 3 rings (SSSR count). The van der Waals surface area contributed by atoms with Gasteiger partial charge in [0.25, 0.3) is 0 Å². The Labute approximate surface area is 106 Å². The lowest BCUT2D eigenvalue weighted by molar-refractivity contribution is 0.0545. The van der Waals surface area contributed by atoms with E-state index < -0.39 is 0 Å². The predicted molar refractivity (Wildman–Crippen MR) is 69.6 cm³/mol. The number of ether oxygens (including phenoxy) is 1. The zero-order chi connectivity index (χ0) is 12.4. The molecule has 3 nitrogen and oxygen atoms in total. The van der Waals surface area contributed by atoms with Crippen molar-refractivity contribution in [3.63, 3.8) is 0 Å². The summed E-state index contributed by atoms with van der Waals surface area (Å²) < 4.78 is 5.29. The normalized spacial score (nSPS) is 16.9. The molecular formula is C15H15NO2. The van der Waals surface area contributed by atoms with E-state index in [9.17, 15) is 4.79 Å². The molecule has 92 valence electrons. The van der Waals surface area contributed by atoms with Gasteiger partial charge in [-0.15, -0.1) is 0 Å². The molecule has 0 unspecified atom stereocenters. The number of carbonyl (C=O) groups is 1. The van der Waals surface area contributed by atoms with Gasteiger partial charge < -0.3 is 4.74 Å². The second-order valence-corrected chi connectivity index (χ2v) is 4.67. The van der Waals surface area contributed by atoms with E-state index in [1.807, 2.05) is 30.3 Å². The van der Waals surface area contributed by atoms with Gasteiger partial charge in [-0.05, 0) is 25.0 Å². The maximum absolute atomic E-state index is 12.3. The molecule has 3 heteroatoms. The molecule has 1 aromatic heterocycles. The highest BCUT2D eigenvalue weighted by Gasteiger charge is 2.23. The topological polar surface area (TPSA) is 39.2 Å². The molecule has 0 atom stereocenters.